The summed E-state index contributed by atoms with van der Waals surface area (Å²) in [6.45, 7) is 0. The van der Waals surface area contributed by atoms with E-state index in [-0.39, 0.29) is 16.1 Å². The number of carboxylic acid groups (broad SMARTS) is 1. The fourth-order valence-corrected chi connectivity index (χ4v) is 3.13. The van der Waals surface area contributed by atoms with Gasteiger partial charge in [0.05, 0.1) is 0 Å². The molecule has 0 bridgehead atoms. The number of amides is 2. The van der Waals surface area contributed by atoms with Crippen molar-refractivity contribution in [3.8, 4) is 0 Å². The Morgan fingerprint density at radius 1 is 1.12 bits per heavy atom. The molecule has 138 valence electrons. The molecule has 0 aliphatic rings. The molecule has 0 fully saturated rings. The Labute approximate surface area is 155 Å². The van der Waals surface area contributed by atoms with E-state index in [0.29, 0.717) is 9.92 Å². The van der Waals surface area contributed by atoms with Crippen LogP contribution in [0.15, 0.2) is 53.4 Å². The minimum absolute atomic E-state index is 0.0844. The van der Waals surface area contributed by atoms with E-state index < -0.39 is 35.3 Å². The Hall–Kier alpha value is -2.39. The summed E-state index contributed by atoms with van der Waals surface area (Å²) in [5, 5.41) is 9.95. The second kappa shape index (κ2) is 7.88. The van der Waals surface area contributed by atoms with E-state index in [2.05, 4.69) is 0 Å². The van der Waals surface area contributed by atoms with Crippen molar-refractivity contribution in [1.29, 1.82) is 0 Å². The summed E-state index contributed by atoms with van der Waals surface area (Å²) in [5.41, 5.74) is 0.566. The van der Waals surface area contributed by atoms with E-state index >= 15 is 0 Å². The molecule has 0 saturated carbocycles. The molecule has 0 heterocycles. The summed E-state index contributed by atoms with van der Waals surface area (Å²) in [6, 6.07) is 7.68. The van der Waals surface area contributed by atoms with Crippen LogP contribution < -0.4 is 10.6 Å². The van der Waals surface area contributed by atoms with Crippen LogP contribution in [0.1, 0.15) is 11.6 Å². The number of benzene rings is 2. The first-order chi connectivity index (χ1) is 12.1. The Morgan fingerprint density at radius 3 is 2.19 bits per heavy atom. The maximum absolute atomic E-state index is 12.8. The smallest absolute Gasteiger partial charge is 0.446 e. The van der Waals surface area contributed by atoms with Gasteiger partial charge in [-0.3, -0.25) is 4.90 Å². The molecular weight excluding hydrogens is 393 g/mol. The van der Waals surface area contributed by atoms with E-state index in [0.717, 1.165) is 6.07 Å². The van der Waals surface area contributed by atoms with Gasteiger partial charge in [0, 0.05) is 21.2 Å². The van der Waals surface area contributed by atoms with Crippen molar-refractivity contribution in [2.24, 2.45) is 5.73 Å². The van der Waals surface area contributed by atoms with Crippen molar-refractivity contribution in [2.45, 2.75) is 16.4 Å². The molecule has 2 aromatic rings. The molecule has 5 nitrogen and oxygen atoms in total. The van der Waals surface area contributed by atoms with Gasteiger partial charge >= 0.3 is 17.5 Å². The molecule has 0 radical (unpaired) electrons. The topological polar surface area (TPSA) is 83.6 Å². The van der Waals surface area contributed by atoms with Crippen molar-refractivity contribution in [2.75, 3.05) is 4.90 Å². The molecule has 10 heteroatoms. The first kappa shape index (κ1) is 19.9. The standard InChI is InChI=1S/C16H12ClF3N2O3S/c17-9-5-7-10(8-6-9)22(15(21)25)13(14(23)24)11-3-1-2-4-12(11)26-16(18,19)20/h1-8,13H,(H2,21,25)(H,23,24). The van der Waals surface area contributed by atoms with Crippen LogP contribution in [0.5, 0.6) is 0 Å². The number of anilines is 1. The van der Waals surface area contributed by atoms with Gasteiger partial charge in [-0.25, -0.2) is 9.59 Å². The number of rotatable bonds is 5. The number of hydrogen-bond donors (Lipinski definition) is 2. The molecule has 2 aromatic carbocycles. The number of carbonyl (C=O) groups is 2. The van der Waals surface area contributed by atoms with Gasteiger partial charge in [-0.05, 0) is 42.1 Å². The number of thioether (sulfide) groups is 1. The quantitative estimate of drug-likeness (QED) is 0.710. The number of carbonyl (C=O) groups excluding carboxylic acids is 1. The molecule has 0 saturated heterocycles. The lowest BCUT2D eigenvalue weighted by atomic mass is 10.0. The third-order valence-corrected chi connectivity index (χ3v) is 4.35. The average Bonchev–Trinajstić information content (AvgIpc) is 2.52. The van der Waals surface area contributed by atoms with E-state index in [1.54, 1.807) is 0 Å². The Bertz CT molecular complexity index is 815. The summed E-state index contributed by atoms with van der Waals surface area (Å²) in [4.78, 5) is 24.1. The molecule has 0 aliphatic carbocycles. The zero-order valence-corrected chi connectivity index (χ0v) is 14.5. The highest BCUT2D eigenvalue weighted by molar-refractivity contribution is 8.00. The van der Waals surface area contributed by atoms with Gasteiger partial charge in [-0.1, -0.05) is 29.8 Å². The minimum Gasteiger partial charge on any atom is -0.479 e. The molecular formula is C16H12ClF3N2O3S. The molecule has 2 rings (SSSR count). The number of primary amides is 1. The molecule has 0 spiro atoms. The Morgan fingerprint density at radius 2 is 1.69 bits per heavy atom. The molecule has 0 aromatic heterocycles. The van der Waals surface area contributed by atoms with Gasteiger partial charge in [0.2, 0.25) is 0 Å². The Kier molecular flexibility index (Phi) is 6.04. The summed E-state index contributed by atoms with van der Waals surface area (Å²) >= 11 is 5.31. The molecule has 0 aliphatic heterocycles. The largest absolute Gasteiger partial charge is 0.479 e. The Balaban J connectivity index is 2.59. The number of nitrogens with zero attached hydrogens (tertiary/aromatic N) is 1. The van der Waals surface area contributed by atoms with Crippen molar-refractivity contribution < 1.29 is 27.9 Å². The number of urea groups is 1. The predicted molar refractivity (Wildman–Crippen MR) is 92.2 cm³/mol. The van der Waals surface area contributed by atoms with Gasteiger partial charge in [-0.15, -0.1) is 0 Å². The first-order valence-electron chi connectivity index (χ1n) is 7.02. The monoisotopic (exact) mass is 404 g/mol. The van der Waals surface area contributed by atoms with E-state index in [9.17, 15) is 27.9 Å². The normalized spacial score (nSPS) is 12.5. The fourth-order valence-electron chi connectivity index (χ4n) is 2.31. The van der Waals surface area contributed by atoms with Gasteiger partial charge in [-0.2, -0.15) is 13.2 Å². The fraction of sp³-hybridized carbons (Fsp3) is 0.125. The van der Waals surface area contributed by atoms with E-state index in [1.807, 2.05) is 0 Å². The van der Waals surface area contributed by atoms with Crippen molar-refractivity contribution in [3.63, 3.8) is 0 Å². The minimum atomic E-state index is -4.63. The van der Waals surface area contributed by atoms with Gasteiger partial charge in [0.25, 0.3) is 0 Å². The van der Waals surface area contributed by atoms with Crippen LogP contribution in [0.3, 0.4) is 0 Å². The van der Waals surface area contributed by atoms with E-state index in [1.165, 1.54) is 42.5 Å². The third-order valence-electron chi connectivity index (χ3n) is 3.27. The van der Waals surface area contributed by atoms with Crippen molar-refractivity contribution >= 4 is 41.1 Å². The highest BCUT2D eigenvalue weighted by Crippen LogP contribution is 2.41. The molecule has 3 N–H and O–H groups in total. The number of carboxylic acids is 1. The third kappa shape index (κ3) is 4.83. The summed E-state index contributed by atoms with van der Waals surface area (Å²) in [6.07, 6.45) is 0. The molecule has 26 heavy (non-hydrogen) atoms. The lowest BCUT2D eigenvalue weighted by Crippen LogP contribution is -2.42. The SMILES string of the molecule is NC(=O)N(c1ccc(Cl)cc1)C(C(=O)O)c1ccccc1SC(F)(F)F. The molecule has 1 unspecified atom stereocenters. The molecule has 1 atom stereocenters. The van der Waals surface area contributed by atoms with Gasteiger partial charge in [0.15, 0.2) is 6.04 Å². The predicted octanol–water partition coefficient (Wildman–Crippen LogP) is 4.66. The van der Waals surface area contributed by atoms with Crippen LogP contribution in [0.2, 0.25) is 5.02 Å². The maximum atomic E-state index is 12.8. The lowest BCUT2D eigenvalue weighted by Gasteiger charge is -2.29. The number of nitrogens with two attached hydrogens (primary N) is 1. The van der Waals surface area contributed by atoms with Gasteiger partial charge < -0.3 is 10.8 Å². The lowest BCUT2D eigenvalue weighted by molar-refractivity contribution is -0.138. The number of halogens is 4. The maximum Gasteiger partial charge on any atom is 0.446 e. The second-order valence-corrected chi connectivity index (χ2v) is 6.55. The average molecular weight is 405 g/mol. The van der Waals surface area contributed by atoms with Crippen molar-refractivity contribution in [1.82, 2.24) is 0 Å². The second-order valence-electron chi connectivity index (χ2n) is 5.01. The van der Waals surface area contributed by atoms with Crippen LogP contribution in [0, 0.1) is 0 Å². The number of aliphatic carboxylic acids is 1. The highest BCUT2D eigenvalue weighted by Gasteiger charge is 2.36. The molecule has 2 amide bonds. The highest BCUT2D eigenvalue weighted by atomic mass is 35.5. The van der Waals surface area contributed by atoms with Crippen LogP contribution in [-0.4, -0.2) is 22.6 Å². The summed E-state index contributed by atoms with van der Waals surface area (Å²) < 4.78 is 38.4. The van der Waals surface area contributed by atoms with Crippen molar-refractivity contribution in [3.05, 3.63) is 59.1 Å². The summed E-state index contributed by atoms with van der Waals surface area (Å²) in [7, 11) is 0. The number of hydrogen-bond acceptors (Lipinski definition) is 3. The zero-order chi connectivity index (χ0) is 19.5. The van der Waals surface area contributed by atoms with Crippen LogP contribution >= 0.6 is 23.4 Å². The van der Waals surface area contributed by atoms with Crippen LogP contribution in [0.25, 0.3) is 0 Å². The van der Waals surface area contributed by atoms with Crippen LogP contribution in [-0.2, 0) is 4.79 Å². The zero-order valence-electron chi connectivity index (χ0n) is 12.9. The summed E-state index contributed by atoms with van der Waals surface area (Å²) in [5.74, 6) is -1.53. The number of alkyl halides is 3. The van der Waals surface area contributed by atoms with E-state index in [4.69, 9.17) is 17.3 Å². The first-order valence-corrected chi connectivity index (χ1v) is 8.21. The van der Waals surface area contributed by atoms with Gasteiger partial charge in [0.1, 0.15) is 0 Å². The van der Waals surface area contributed by atoms with Crippen LogP contribution in [0.4, 0.5) is 23.7 Å².